The quantitative estimate of drug-likeness (QED) is 0.440. The Morgan fingerprint density at radius 2 is 2.03 bits per heavy atom. The summed E-state index contributed by atoms with van der Waals surface area (Å²) in [7, 11) is 0. The number of aromatic nitrogens is 2. The molecule has 0 amide bonds. The highest BCUT2D eigenvalue weighted by Gasteiger charge is 2.30. The standard InChI is InChI=1S/C27H28F3N3O3/c1-17(10-25(34)35)14-33-9-8-23-21(15-33)13-31-26(32-23)20-6-7-24(18(2)11-20)36-16-19-4-3-5-22(12-19)27(28,29)30/h3-7,11-13,17H,8-10,14-16H2,1-2H3,(H,34,35). The van der Waals surface area contributed by atoms with Crippen molar-refractivity contribution in [1.82, 2.24) is 14.9 Å². The van der Waals surface area contributed by atoms with Gasteiger partial charge in [-0.05, 0) is 54.3 Å². The van der Waals surface area contributed by atoms with Gasteiger partial charge in [-0.25, -0.2) is 9.97 Å². The van der Waals surface area contributed by atoms with E-state index in [1.54, 1.807) is 12.1 Å². The minimum Gasteiger partial charge on any atom is -0.489 e. The fourth-order valence-electron chi connectivity index (χ4n) is 4.42. The molecule has 0 saturated carbocycles. The zero-order valence-electron chi connectivity index (χ0n) is 20.2. The maximum atomic E-state index is 12.9. The van der Waals surface area contributed by atoms with Gasteiger partial charge in [0.2, 0.25) is 0 Å². The van der Waals surface area contributed by atoms with Gasteiger partial charge in [-0.1, -0.05) is 19.1 Å². The highest BCUT2D eigenvalue weighted by Crippen LogP contribution is 2.30. The number of alkyl halides is 3. The van der Waals surface area contributed by atoms with Gasteiger partial charge in [0.05, 0.1) is 11.3 Å². The summed E-state index contributed by atoms with van der Waals surface area (Å²) < 4.78 is 44.6. The third-order valence-electron chi connectivity index (χ3n) is 6.19. The van der Waals surface area contributed by atoms with Crippen LogP contribution in [0.25, 0.3) is 11.4 Å². The fraction of sp³-hybridized carbons (Fsp3) is 0.370. The largest absolute Gasteiger partial charge is 0.489 e. The van der Waals surface area contributed by atoms with Crippen molar-refractivity contribution in [1.29, 1.82) is 0 Å². The van der Waals surface area contributed by atoms with Crippen LogP contribution in [0, 0.1) is 12.8 Å². The summed E-state index contributed by atoms with van der Waals surface area (Å²) in [5.74, 6) is 0.478. The Balaban J connectivity index is 1.41. The number of nitrogens with zero attached hydrogens (tertiary/aromatic N) is 3. The number of ether oxygens (including phenoxy) is 1. The Morgan fingerprint density at radius 3 is 2.75 bits per heavy atom. The van der Waals surface area contributed by atoms with Crippen molar-refractivity contribution < 1.29 is 27.8 Å². The molecule has 0 fully saturated rings. The summed E-state index contributed by atoms with van der Waals surface area (Å²) in [6.45, 7) is 6.07. The monoisotopic (exact) mass is 499 g/mol. The molecule has 1 N–H and O–H groups in total. The molecular formula is C27H28F3N3O3. The van der Waals surface area contributed by atoms with Gasteiger partial charge in [-0.15, -0.1) is 0 Å². The van der Waals surface area contributed by atoms with Crippen molar-refractivity contribution >= 4 is 5.97 Å². The van der Waals surface area contributed by atoms with E-state index in [-0.39, 0.29) is 18.9 Å². The molecule has 2 aromatic carbocycles. The molecule has 0 saturated heterocycles. The summed E-state index contributed by atoms with van der Waals surface area (Å²) in [6.07, 6.45) is -1.64. The minimum atomic E-state index is -4.39. The molecule has 1 aliphatic heterocycles. The lowest BCUT2D eigenvalue weighted by molar-refractivity contribution is -0.138. The zero-order valence-corrected chi connectivity index (χ0v) is 20.2. The lowest BCUT2D eigenvalue weighted by Crippen LogP contribution is -2.35. The van der Waals surface area contributed by atoms with Gasteiger partial charge < -0.3 is 9.84 Å². The van der Waals surface area contributed by atoms with Crippen molar-refractivity contribution in [3.8, 4) is 17.1 Å². The minimum absolute atomic E-state index is 0.0288. The Labute approximate surface area is 207 Å². The summed E-state index contributed by atoms with van der Waals surface area (Å²) in [4.78, 5) is 22.5. The number of rotatable bonds is 8. The van der Waals surface area contributed by atoms with Crippen LogP contribution < -0.4 is 4.74 Å². The lowest BCUT2D eigenvalue weighted by Gasteiger charge is -2.29. The van der Waals surface area contributed by atoms with E-state index < -0.39 is 17.7 Å². The second kappa shape index (κ2) is 10.7. The van der Waals surface area contributed by atoms with E-state index in [1.807, 2.05) is 32.2 Å². The third kappa shape index (κ3) is 6.40. The summed E-state index contributed by atoms with van der Waals surface area (Å²) >= 11 is 0. The number of carbonyl (C=O) groups is 1. The third-order valence-corrected chi connectivity index (χ3v) is 6.19. The molecule has 9 heteroatoms. The van der Waals surface area contributed by atoms with Crippen LogP contribution in [0.4, 0.5) is 13.2 Å². The summed E-state index contributed by atoms with van der Waals surface area (Å²) in [5.41, 5.74) is 3.45. The molecular weight excluding hydrogens is 471 g/mol. The smallest absolute Gasteiger partial charge is 0.416 e. The Hall–Kier alpha value is -3.46. The molecule has 190 valence electrons. The number of aliphatic carboxylic acids is 1. The van der Waals surface area contributed by atoms with Gasteiger partial charge in [0.1, 0.15) is 12.4 Å². The Kier molecular flexibility index (Phi) is 7.59. The van der Waals surface area contributed by atoms with Crippen molar-refractivity contribution in [2.45, 2.75) is 46.0 Å². The second-order valence-electron chi connectivity index (χ2n) is 9.32. The number of hydrogen-bond donors (Lipinski definition) is 1. The van der Waals surface area contributed by atoms with Gasteiger partial charge >= 0.3 is 12.1 Å². The predicted octanol–water partition coefficient (Wildman–Crippen LogP) is 5.52. The van der Waals surface area contributed by atoms with Crippen molar-refractivity contribution in [2.24, 2.45) is 5.92 Å². The van der Waals surface area contributed by atoms with Crippen LogP contribution >= 0.6 is 0 Å². The van der Waals surface area contributed by atoms with Crippen molar-refractivity contribution in [2.75, 3.05) is 13.1 Å². The van der Waals surface area contributed by atoms with E-state index in [0.717, 1.165) is 47.5 Å². The number of halogens is 3. The molecule has 0 radical (unpaired) electrons. The molecule has 1 aromatic heterocycles. The lowest BCUT2D eigenvalue weighted by atomic mass is 10.0. The second-order valence-corrected chi connectivity index (χ2v) is 9.32. The van der Waals surface area contributed by atoms with Gasteiger partial charge in [0.25, 0.3) is 0 Å². The molecule has 0 bridgehead atoms. The first-order chi connectivity index (χ1) is 17.1. The molecule has 1 unspecified atom stereocenters. The van der Waals surface area contributed by atoms with Gasteiger partial charge in [0, 0.05) is 49.8 Å². The van der Waals surface area contributed by atoms with E-state index in [9.17, 15) is 18.0 Å². The molecule has 1 aliphatic rings. The molecule has 6 nitrogen and oxygen atoms in total. The highest BCUT2D eigenvalue weighted by molar-refractivity contribution is 5.67. The van der Waals surface area contributed by atoms with E-state index in [4.69, 9.17) is 14.8 Å². The maximum absolute atomic E-state index is 12.9. The van der Waals surface area contributed by atoms with Crippen LogP contribution in [0.3, 0.4) is 0 Å². The normalized spacial score (nSPS) is 14.8. The number of aryl methyl sites for hydroxylation is 1. The maximum Gasteiger partial charge on any atom is 0.416 e. The number of benzene rings is 2. The van der Waals surface area contributed by atoms with E-state index in [0.29, 0.717) is 30.2 Å². The van der Waals surface area contributed by atoms with Gasteiger partial charge in [0.15, 0.2) is 5.82 Å². The van der Waals surface area contributed by atoms with Crippen LogP contribution in [0.5, 0.6) is 5.75 Å². The first kappa shape index (κ1) is 25.6. The fourth-order valence-corrected chi connectivity index (χ4v) is 4.42. The average Bonchev–Trinajstić information content (AvgIpc) is 2.82. The molecule has 4 rings (SSSR count). The Morgan fingerprint density at radius 1 is 1.22 bits per heavy atom. The average molecular weight is 500 g/mol. The van der Waals surface area contributed by atoms with E-state index in [1.165, 1.54) is 6.07 Å². The van der Waals surface area contributed by atoms with Crippen molar-refractivity contribution in [3.05, 3.63) is 76.6 Å². The van der Waals surface area contributed by atoms with Crippen LogP contribution in [-0.4, -0.2) is 39.0 Å². The molecule has 0 aliphatic carbocycles. The van der Waals surface area contributed by atoms with Crippen LogP contribution in [0.1, 0.15) is 41.3 Å². The number of carboxylic acids is 1. The molecule has 0 spiro atoms. The first-order valence-electron chi connectivity index (χ1n) is 11.8. The van der Waals surface area contributed by atoms with E-state index in [2.05, 4.69) is 9.88 Å². The number of carboxylic acid groups (broad SMARTS) is 1. The summed E-state index contributed by atoms with van der Waals surface area (Å²) in [6, 6.07) is 10.7. The number of hydrogen-bond acceptors (Lipinski definition) is 5. The van der Waals surface area contributed by atoms with Gasteiger partial charge in [-0.3, -0.25) is 9.69 Å². The van der Waals surface area contributed by atoms with Crippen LogP contribution in [0.15, 0.2) is 48.7 Å². The van der Waals surface area contributed by atoms with Crippen molar-refractivity contribution in [3.63, 3.8) is 0 Å². The van der Waals surface area contributed by atoms with E-state index >= 15 is 0 Å². The topological polar surface area (TPSA) is 75.6 Å². The highest BCUT2D eigenvalue weighted by atomic mass is 19.4. The van der Waals surface area contributed by atoms with Crippen LogP contribution in [-0.2, 0) is 30.5 Å². The molecule has 36 heavy (non-hydrogen) atoms. The SMILES string of the molecule is Cc1cc(-c2ncc3c(n2)CCN(CC(C)CC(=O)O)C3)ccc1OCc1cccc(C(F)(F)F)c1. The first-order valence-corrected chi connectivity index (χ1v) is 11.8. The molecule has 2 heterocycles. The van der Waals surface area contributed by atoms with Gasteiger partial charge in [-0.2, -0.15) is 13.2 Å². The summed E-state index contributed by atoms with van der Waals surface area (Å²) in [5, 5.41) is 8.98. The Bertz CT molecular complexity index is 1250. The zero-order chi connectivity index (χ0) is 25.9. The van der Waals surface area contributed by atoms with Crippen LogP contribution in [0.2, 0.25) is 0 Å². The molecule has 3 aromatic rings. The number of fused-ring (bicyclic) bond motifs is 1. The predicted molar refractivity (Wildman–Crippen MR) is 128 cm³/mol. The molecule has 1 atom stereocenters.